The van der Waals surface area contributed by atoms with Gasteiger partial charge in [0.2, 0.25) is 21.1 Å². The first-order chi connectivity index (χ1) is 37.9. The topological polar surface area (TPSA) is 390 Å². The molecule has 6 aromatic rings. The van der Waals surface area contributed by atoms with Gasteiger partial charge in [-0.05, 0) is 114 Å². The molecule has 31 heteroatoms. The zero-order chi connectivity index (χ0) is 60.7. The zero-order valence-corrected chi connectivity index (χ0v) is 49.9. The number of anilines is 2. The number of rotatable bonds is 19. The monoisotopic (exact) mass is 1260 g/mol. The number of primary sulfonamides is 1. The van der Waals surface area contributed by atoms with Crippen LogP contribution >= 0.6 is 11.3 Å². The molecule has 8 rings (SSSR count). The zero-order valence-electron chi connectivity index (χ0n) is 44.2. The lowest BCUT2D eigenvalue weighted by molar-refractivity contribution is -0.437. The lowest BCUT2D eigenvalue weighted by Crippen LogP contribution is -2.28. The van der Waals surface area contributed by atoms with Crippen LogP contribution in [0.15, 0.2) is 128 Å². The van der Waals surface area contributed by atoms with Crippen LogP contribution in [0, 0.1) is 0 Å². The Bertz CT molecular complexity index is 4440. The van der Waals surface area contributed by atoms with E-state index in [-0.39, 0.29) is 46.6 Å². The highest BCUT2D eigenvalue weighted by Gasteiger charge is 2.47. The maximum atomic E-state index is 12.9. The number of carbonyl (C=O) groups excluding carboxylic acids is 1. The predicted molar refractivity (Wildman–Crippen MR) is 306 cm³/mol. The molecule has 82 heavy (non-hydrogen) atoms. The molecule has 7 N–H and O–H groups in total. The average Bonchev–Trinajstić information content (AvgIpc) is 2.57. The average molecular weight is 1260 g/mol. The first-order valence-electron chi connectivity index (χ1n) is 24.5. The second-order valence-electron chi connectivity index (χ2n) is 20.1. The fraction of sp³-hybridized carbons (Fsp3) is 0.294. The van der Waals surface area contributed by atoms with Crippen LogP contribution in [0.4, 0.5) is 16.5 Å². The minimum absolute atomic E-state index is 0.0184. The number of carbonyl (C=O) groups is 1. The molecular formula is C51H55N6O18S7+. The van der Waals surface area contributed by atoms with Gasteiger partial charge in [0.25, 0.3) is 50.5 Å². The third kappa shape index (κ3) is 14.1. The number of aromatic nitrogens is 2. The van der Waals surface area contributed by atoms with Crippen molar-refractivity contribution in [3.8, 4) is 0 Å². The summed E-state index contributed by atoms with van der Waals surface area (Å²) < 4.78 is 190. The van der Waals surface area contributed by atoms with E-state index >= 15 is 0 Å². The molecule has 2 aliphatic rings. The molecular weight excluding hydrogens is 1210 g/mol. The van der Waals surface area contributed by atoms with Gasteiger partial charge in [-0.15, -0.1) is 22.8 Å². The number of nitrogens with one attached hydrogen (secondary N) is 1. The second-order valence-corrected chi connectivity index (χ2v) is 29.0. The highest BCUT2D eigenvalue weighted by Crippen LogP contribution is 2.52. The normalized spacial score (nSPS) is 16.0. The van der Waals surface area contributed by atoms with Crippen LogP contribution in [-0.2, 0) is 83.1 Å². The first-order valence-corrected chi connectivity index (χ1v) is 33.8. The predicted octanol–water partition coefficient (Wildman–Crippen LogP) is 6.57. The molecule has 24 nitrogen and oxygen atoms in total. The highest BCUT2D eigenvalue weighted by molar-refractivity contribution is 7.91. The molecule has 5 aromatic carbocycles. The van der Waals surface area contributed by atoms with Crippen molar-refractivity contribution in [2.45, 2.75) is 96.6 Å². The van der Waals surface area contributed by atoms with E-state index in [1.54, 1.807) is 36.6 Å². The smallest absolute Gasteiger partial charge is 0.344 e. The molecule has 0 radical (unpaired) electrons. The molecule has 1 amide bonds. The van der Waals surface area contributed by atoms with Crippen LogP contribution in [0.5, 0.6) is 0 Å². The number of benzene rings is 5. The summed E-state index contributed by atoms with van der Waals surface area (Å²) in [6.45, 7) is 10.2. The van der Waals surface area contributed by atoms with Crippen LogP contribution in [0.2, 0.25) is 0 Å². The van der Waals surface area contributed by atoms with Gasteiger partial charge in [0, 0.05) is 59.3 Å². The van der Waals surface area contributed by atoms with E-state index < -0.39 is 97.7 Å². The van der Waals surface area contributed by atoms with Crippen molar-refractivity contribution in [1.82, 2.24) is 10.2 Å². The number of unbranched alkanes of at least 4 members (excludes halogenated alkanes) is 1. The van der Waals surface area contributed by atoms with Crippen LogP contribution in [0.25, 0.3) is 27.1 Å². The molecule has 0 fully saturated rings. The van der Waals surface area contributed by atoms with E-state index in [1.165, 1.54) is 18.2 Å². The molecule has 2 aliphatic heterocycles. The van der Waals surface area contributed by atoms with E-state index in [0.717, 1.165) is 46.8 Å². The van der Waals surface area contributed by atoms with Crippen molar-refractivity contribution in [3.63, 3.8) is 0 Å². The van der Waals surface area contributed by atoms with Crippen molar-refractivity contribution in [2.75, 3.05) is 29.1 Å². The molecule has 0 saturated carbocycles. The Morgan fingerprint density at radius 2 is 1.39 bits per heavy atom. The maximum absolute atomic E-state index is 12.9. The number of aryl methyl sites for hydroxylation is 1. The van der Waals surface area contributed by atoms with Gasteiger partial charge in [-0.25, -0.2) is 13.6 Å². The van der Waals surface area contributed by atoms with E-state index in [2.05, 4.69) is 27.3 Å². The summed E-state index contributed by atoms with van der Waals surface area (Å²) in [5.74, 6) is -1.09. The number of allylic oxidation sites excluding steroid dienone is 6. The minimum atomic E-state index is -5.07. The number of nitrogens with zero attached hydrogens (tertiary/aromatic N) is 4. The summed E-state index contributed by atoms with van der Waals surface area (Å²) >= 11 is 0.609. The molecule has 0 atom stereocenters. The minimum Gasteiger partial charge on any atom is -0.344 e. The van der Waals surface area contributed by atoms with Crippen molar-refractivity contribution in [3.05, 3.63) is 131 Å². The third-order valence-corrected chi connectivity index (χ3v) is 19.3. The third-order valence-electron chi connectivity index (χ3n) is 13.8. The van der Waals surface area contributed by atoms with E-state index in [9.17, 15) is 65.1 Å². The highest BCUT2D eigenvalue weighted by atomic mass is 32.3. The fourth-order valence-electron chi connectivity index (χ4n) is 10.2. The SMILES string of the molecule is CCCCN1C(=CC=C(C=CC2=[N+](CCCS(=O)(=O)O)c3ccc4c(S(=O)(=O)O)cc(S(=O)(=O)O)cc4c3C2(C)C)c2ccc(CCC(=O)Nc3nnc(S(N)(=O)=O)s3)cc2)C(C)(C)c2c1ccc1ccc(S(=O)(=O)O)cc21.O=S(=O)=O. The molecule has 3 heterocycles. The molecule has 1 aromatic heterocycles. The van der Waals surface area contributed by atoms with Gasteiger partial charge >= 0.3 is 10.6 Å². The number of fused-ring (bicyclic) bond motifs is 6. The van der Waals surface area contributed by atoms with E-state index in [1.807, 2.05) is 68.5 Å². The Morgan fingerprint density at radius 1 is 0.756 bits per heavy atom. The number of sulfonamides is 1. The fourth-order valence-corrected chi connectivity index (χ4v) is 13.9. The van der Waals surface area contributed by atoms with Crippen LogP contribution in [-0.4, -0.2) is 118 Å². The number of amides is 1. The van der Waals surface area contributed by atoms with Gasteiger partial charge < -0.3 is 10.2 Å². The summed E-state index contributed by atoms with van der Waals surface area (Å²) in [5.41, 5.74) is 3.94. The molecule has 0 bridgehead atoms. The summed E-state index contributed by atoms with van der Waals surface area (Å²) in [6.07, 6.45) is 9.23. The van der Waals surface area contributed by atoms with Gasteiger partial charge in [0.05, 0.1) is 21.0 Å². The Kier molecular flexibility index (Phi) is 18.2. The summed E-state index contributed by atoms with van der Waals surface area (Å²) in [6, 6.07) is 20.3. The summed E-state index contributed by atoms with van der Waals surface area (Å²) in [4.78, 5) is 13.3. The molecule has 438 valence electrons. The number of hydrogen-bond acceptors (Lipinski definition) is 18. The quantitative estimate of drug-likeness (QED) is 0.0216. The standard InChI is InChI=1S/C51H54N6O15S6.O3S/c1-6-7-25-56-40-20-15-34-14-18-35(76(64,65)66)28-38(34)46(40)50(2,3)43(56)22-16-33(32-12-9-31(10-13-32)11-24-45(58)53-48-54-55-49(73-48)75(52,62)63)17-23-44-51(4,5)47-39-29-36(77(67,68)69)30-42(78(70,71)72)37(39)19-21-41(47)57(44)26-8-27-74(59,60)61;1-4(2)3/h9-10,12-23,28-30H,6-8,11,24-27H2,1-5H3,(H6-,52,53,54,58,59,60,61,62,63,64,65,66,67,68,69,70,71,72);/p+1. The molecule has 0 unspecified atom stereocenters. The first kappa shape index (κ1) is 63.1. The van der Waals surface area contributed by atoms with Crippen LogP contribution < -0.4 is 15.4 Å². The van der Waals surface area contributed by atoms with Gasteiger partial charge in [-0.3, -0.25) is 23.0 Å². The van der Waals surface area contributed by atoms with Crippen LogP contribution in [0.3, 0.4) is 0 Å². The van der Waals surface area contributed by atoms with Crippen molar-refractivity contribution in [1.29, 1.82) is 0 Å². The van der Waals surface area contributed by atoms with Crippen molar-refractivity contribution in [2.24, 2.45) is 5.14 Å². The van der Waals surface area contributed by atoms with Gasteiger partial charge in [0.15, 0.2) is 5.71 Å². The van der Waals surface area contributed by atoms with Crippen molar-refractivity contribution >= 4 is 128 Å². The Labute approximate surface area is 478 Å². The van der Waals surface area contributed by atoms with Crippen LogP contribution in [0.1, 0.15) is 82.6 Å². The number of nitrogens with two attached hydrogens (primary N) is 1. The molecule has 0 saturated heterocycles. The van der Waals surface area contributed by atoms with Gasteiger partial charge in [-0.2, -0.15) is 38.2 Å². The Balaban J connectivity index is 0.00000234. The van der Waals surface area contributed by atoms with Gasteiger partial charge in [0.1, 0.15) is 11.4 Å². The summed E-state index contributed by atoms with van der Waals surface area (Å²) in [5, 5.41) is 16.2. The van der Waals surface area contributed by atoms with E-state index in [0.29, 0.717) is 57.4 Å². The summed E-state index contributed by atoms with van der Waals surface area (Å²) in [7, 11) is -26.3. The molecule has 0 aliphatic carbocycles. The lowest BCUT2D eigenvalue weighted by Gasteiger charge is -2.27. The van der Waals surface area contributed by atoms with E-state index in [4.69, 9.17) is 17.8 Å². The Morgan fingerprint density at radius 3 is 1.98 bits per heavy atom. The maximum Gasteiger partial charge on any atom is 0.425 e. The largest absolute Gasteiger partial charge is 0.425 e. The second kappa shape index (κ2) is 23.6. The molecule has 0 spiro atoms. The number of hydrogen-bond donors (Lipinski definition) is 6. The van der Waals surface area contributed by atoms with Crippen molar-refractivity contribution < 1.29 is 82.3 Å². The lowest BCUT2D eigenvalue weighted by atomic mass is 9.78. The Hall–Kier alpha value is -6.49. The van der Waals surface area contributed by atoms with Gasteiger partial charge in [-0.1, -0.05) is 81.0 Å².